The van der Waals surface area contributed by atoms with Crippen LogP contribution in [0.25, 0.3) is 11.3 Å². The molecule has 0 aliphatic carbocycles. The number of nitrogens with one attached hydrogen (secondary N) is 1. The number of rotatable bonds is 3. The fourth-order valence-corrected chi connectivity index (χ4v) is 3.65. The summed E-state index contributed by atoms with van der Waals surface area (Å²) >= 11 is 5.82. The molecule has 4 rings (SSSR count). The Kier molecular flexibility index (Phi) is 4.57. The Hall–Kier alpha value is -3.34. The number of carbonyl (C=O) groups is 2. The van der Waals surface area contributed by atoms with Gasteiger partial charge in [-0.3, -0.25) is 14.3 Å². The maximum Gasteiger partial charge on any atom is 0.417 e. The smallest absolute Gasteiger partial charge is 0.363 e. The largest absolute Gasteiger partial charge is 0.417 e. The van der Waals surface area contributed by atoms with E-state index in [4.69, 9.17) is 17.3 Å². The highest BCUT2D eigenvalue weighted by molar-refractivity contribution is 6.31. The standard InChI is InChI=1S/C18H14ClF3N6O2/c1-8-7-27(9-2-3-11(12(19)4-9)18(20,21)22)17(30)14-10(5-25-28(8)14)13-6-24-16(26-13)15(23)29/h2-6,8H,7H2,1H3,(H2,23,29)(H,24,26)/t8-/m0/s1. The molecule has 1 aliphatic rings. The molecule has 3 aromatic rings. The highest BCUT2D eigenvalue weighted by atomic mass is 35.5. The minimum atomic E-state index is -4.60. The normalized spacial score (nSPS) is 16.6. The minimum Gasteiger partial charge on any atom is -0.363 e. The van der Waals surface area contributed by atoms with Gasteiger partial charge in [0.25, 0.3) is 11.8 Å². The first kappa shape index (κ1) is 20.0. The topological polar surface area (TPSA) is 110 Å². The van der Waals surface area contributed by atoms with E-state index in [2.05, 4.69) is 15.1 Å². The summed E-state index contributed by atoms with van der Waals surface area (Å²) < 4.78 is 40.5. The van der Waals surface area contributed by atoms with E-state index in [-0.39, 0.29) is 29.8 Å². The SMILES string of the molecule is C[C@H]1CN(c2ccc(C(F)(F)F)c(Cl)c2)C(=O)c2c(-c3cnc(C(N)=O)[nH]3)cnn21. The summed E-state index contributed by atoms with van der Waals surface area (Å²) in [6.07, 6.45) is -1.80. The van der Waals surface area contributed by atoms with Crippen LogP contribution in [0.4, 0.5) is 18.9 Å². The first-order chi connectivity index (χ1) is 14.1. The predicted octanol–water partition coefficient (Wildman–Crippen LogP) is 3.27. The number of carbonyl (C=O) groups excluding carboxylic acids is 2. The number of nitrogens with zero attached hydrogens (tertiary/aromatic N) is 4. The lowest BCUT2D eigenvalue weighted by molar-refractivity contribution is -0.137. The Balaban J connectivity index is 1.75. The Labute approximate surface area is 172 Å². The first-order valence-electron chi connectivity index (χ1n) is 8.69. The van der Waals surface area contributed by atoms with Crippen LogP contribution in [0.5, 0.6) is 0 Å². The summed E-state index contributed by atoms with van der Waals surface area (Å²) in [6, 6.07) is 2.89. The van der Waals surface area contributed by atoms with E-state index >= 15 is 0 Å². The van der Waals surface area contributed by atoms with Crippen molar-refractivity contribution < 1.29 is 22.8 Å². The van der Waals surface area contributed by atoms with Gasteiger partial charge in [-0.25, -0.2) is 4.98 Å². The van der Waals surface area contributed by atoms with E-state index in [1.54, 1.807) is 0 Å². The molecule has 2 aromatic heterocycles. The third-order valence-electron chi connectivity index (χ3n) is 4.78. The molecule has 0 saturated carbocycles. The van der Waals surface area contributed by atoms with Crippen molar-refractivity contribution >= 4 is 29.1 Å². The summed E-state index contributed by atoms with van der Waals surface area (Å²) in [7, 11) is 0. The van der Waals surface area contributed by atoms with Gasteiger partial charge in [-0.2, -0.15) is 18.3 Å². The summed E-state index contributed by atoms with van der Waals surface area (Å²) in [6.45, 7) is 2.00. The molecule has 0 spiro atoms. The maximum atomic E-state index is 13.2. The Morgan fingerprint density at radius 1 is 1.33 bits per heavy atom. The number of aromatic nitrogens is 4. The van der Waals surface area contributed by atoms with Gasteiger partial charge in [0.1, 0.15) is 5.69 Å². The van der Waals surface area contributed by atoms with Crippen LogP contribution in [-0.4, -0.2) is 38.1 Å². The summed E-state index contributed by atoms with van der Waals surface area (Å²) in [5, 5.41) is 3.74. The van der Waals surface area contributed by atoms with Gasteiger partial charge in [-0.15, -0.1) is 0 Å². The van der Waals surface area contributed by atoms with E-state index in [1.807, 2.05) is 6.92 Å². The quantitative estimate of drug-likeness (QED) is 0.653. The molecular weight excluding hydrogens is 425 g/mol. The molecule has 156 valence electrons. The van der Waals surface area contributed by atoms with Crippen LogP contribution in [0.3, 0.4) is 0 Å². The third-order valence-corrected chi connectivity index (χ3v) is 5.09. The van der Waals surface area contributed by atoms with E-state index < -0.39 is 28.6 Å². The van der Waals surface area contributed by atoms with Crippen LogP contribution >= 0.6 is 11.6 Å². The third kappa shape index (κ3) is 3.20. The molecule has 30 heavy (non-hydrogen) atoms. The van der Waals surface area contributed by atoms with Crippen molar-refractivity contribution in [1.29, 1.82) is 0 Å². The zero-order valence-electron chi connectivity index (χ0n) is 15.4. The van der Waals surface area contributed by atoms with E-state index in [0.717, 1.165) is 12.1 Å². The Morgan fingerprint density at radius 3 is 2.67 bits per heavy atom. The molecule has 0 bridgehead atoms. The molecule has 8 nitrogen and oxygen atoms in total. The summed E-state index contributed by atoms with van der Waals surface area (Å²) in [4.78, 5) is 32.5. The summed E-state index contributed by atoms with van der Waals surface area (Å²) in [5.41, 5.74) is 5.39. The van der Waals surface area contributed by atoms with Crippen molar-refractivity contribution in [3.8, 4) is 11.3 Å². The van der Waals surface area contributed by atoms with Crippen molar-refractivity contribution in [3.63, 3.8) is 0 Å². The lowest BCUT2D eigenvalue weighted by Gasteiger charge is -2.32. The predicted molar refractivity (Wildman–Crippen MR) is 101 cm³/mol. The number of aromatic amines is 1. The average Bonchev–Trinajstić information content (AvgIpc) is 3.30. The van der Waals surface area contributed by atoms with Gasteiger partial charge in [0, 0.05) is 12.2 Å². The number of benzene rings is 1. The number of primary amides is 1. The molecule has 1 aliphatic heterocycles. The summed E-state index contributed by atoms with van der Waals surface area (Å²) in [5.74, 6) is -1.32. The van der Waals surface area contributed by atoms with Gasteiger partial charge in [0.05, 0.1) is 40.3 Å². The molecule has 0 saturated heterocycles. The number of hydrogen-bond donors (Lipinski definition) is 2. The molecule has 2 amide bonds. The molecule has 1 aromatic carbocycles. The highest BCUT2D eigenvalue weighted by Gasteiger charge is 2.36. The molecule has 1 atom stereocenters. The molecule has 0 radical (unpaired) electrons. The van der Waals surface area contributed by atoms with E-state index in [9.17, 15) is 22.8 Å². The first-order valence-corrected chi connectivity index (χ1v) is 9.07. The molecule has 12 heteroatoms. The molecule has 3 N–H and O–H groups in total. The Morgan fingerprint density at radius 2 is 2.07 bits per heavy atom. The fraction of sp³-hybridized carbons (Fsp3) is 0.222. The van der Waals surface area contributed by atoms with Crippen LogP contribution in [0.2, 0.25) is 5.02 Å². The van der Waals surface area contributed by atoms with Gasteiger partial charge < -0.3 is 15.6 Å². The van der Waals surface area contributed by atoms with Crippen LogP contribution in [0, 0.1) is 0 Å². The zero-order chi connectivity index (χ0) is 21.8. The van der Waals surface area contributed by atoms with Crippen molar-refractivity contribution in [1.82, 2.24) is 19.7 Å². The van der Waals surface area contributed by atoms with Gasteiger partial charge >= 0.3 is 6.18 Å². The van der Waals surface area contributed by atoms with Gasteiger partial charge in [0.2, 0.25) is 0 Å². The average molecular weight is 439 g/mol. The van der Waals surface area contributed by atoms with Gasteiger partial charge in [0.15, 0.2) is 5.82 Å². The number of amides is 2. The van der Waals surface area contributed by atoms with Crippen molar-refractivity contribution in [2.75, 3.05) is 11.4 Å². The van der Waals surface area contributed by atoms with Crippen LogP contribution < -0.4 is 10.6 Å². The number of anilines is 1. The second-order valence-corrected chi connectivity index (χ2v) is 7.20. The molecule has 3 heterocycles. The monoisotopic (exact) mass is 438 g/mol. The maximum absolute atomic E-state index is 13.2. The van der Waals surface area contributed by atoms with E-state index in [0.29, 0.717) is 11.3 Å². The van der Waals surface area contributed by atoms with Crippen molar-refractivity contribution in [3.05, 3.63) is 52.7 Å². The van der Waals surface area contributed by atoms with Crippen molar-refractivity contribution in [2.24, 2.45) is 5.73 Å². The zero-order valence-corrected chi connectivity index (χ0v) is 16.1. The number of halogens is 4. The second-order valence-electron chi connectivity index (χ2n) is 6.79. The minimum absolute atomic E-state index is 0.0763. The number of H-pyrrole nitrogens is 1. The van der Waals surface area contributed by atoms with Gasteiger partial charge in [-0.1, -0.05) is 11.6 Å². The molecule has 0 fully saturated rings. The van der Waals surface area contributed by atoms with Crippen LogP contribution in [-0.2, 0) is 6.18 Å². The molecular formula is C18H14ClF3N6O2. The van der Waals surface area contributed by atoms with Crippen LogP contribution in [0.15, 0.2) is 30.6 Å². The van der Waals surface area contributed by atoms with Crippen molar-refractivity contribution in [2.45, 2.75) is 19.1 Å². The molecule has 0 unspecified atom stereocenters. The van der Waals surface area contributed by atoms with Crippen LogP contribution in [0.1, 0.15) is 39.6 Å². The highest BCUT2D eigenvalue weighted by Crippen LogP contribution is 2.38. The second kappa shape index (κ2) is 6.87. The Bertz CT molecular complexity index is 1170. The number of imidazole rings is 1. The number of hydrogen-bond acceptors (Lipinski definition) is 4. The van der Waals surface area contributed by atoms with E-state index in [1.165, 1.54) is 28.0 Å². The number of nitrogens with two attached hydrogens (primary N) is 1. The number of fused-ring (bicyclic) bond motifs is 1. The number of alkyl halides is 3. The lowest BCUT2D eigenvalue weighted by atomic mass is 10.1. The fourth-order valence-electron chi connectivity index (χ4n) is 3.37. The van der Waals surface area contributed by atoms with Gasteiger partial charge in [-0.05, 0) is 25.1 Å². The lowest BCUT2D eigenvalue weighted by Crippen LogP contribution is -2.42.